The van der Waals surface area contributed by atoms with Gasteiger partial charge in [-0.3, -0.25) is 14.4 Å². The van der Waals surface area contributed by atoms with Crippen LogP contribution in [0.25, 0.3) is 0 Å². The van der Waals surface area contributed by atoms with E-state index < -0.39 is 0 Å². The number of carbonyl (C=O) groups excluding carboxylic acids is 1. The minimum atomic E-state index is -0.0520. The Balaban J connectivity index is 1.44. The molecule has 4 heterocycles. The summed E-state index contributed by atoms with van der Waals surface area (Å²) in [6.45, 7) is 2.72. The molecule has 7 nitrogen and oxygen atoms in total. The van der Waals surface area contributed by atoms with Crippen molar-refractivity contribution in [1.29, 1.82) is 0 Å². The zero-order valence-corrected chi connectivity index (χ0v) is 15.7. The van der Waals surface area contributed by atoms with Gasteiger partial charge in [-0.1, -0.05) is 0 Å². The fourth-order valence-electron chi connectivity index (χ4n) is 4.45. The van der Waals surface area contributed by atoms with Crippen LogP contribution < -0.4 is 5.32 Å². The molecular formula is C19H28N6O. The topological polar surface area (TPSA) is 68.0 Å². The summed E-state index contributed by atoms with van der Waals surface area (Å²) >= 11 is 0. The molecule has 0 aliphatic carbocycles. The highest BCUT2D eigenvalue weighted by molar-refractivity contribution is 5.92. The number of fused-ring (bicyclic) bond motifs is 1. The first kappa shape index (κ1) is 17.3. The smallest absolute Gasteiger partial charge is 0.271 e. The standard InChI is InChI=1S/C19H28N6O/c1-23-10-5-6-14(18(23)16-8-9-21-24(16)2)12-20-19(26)15-13-25-11-4-3-7-17(25)22-15/h8-9,13-14,18H,3-7,10-12H2,1-2H3,(H,20,26)/t14-,18+/m0/s1. The molecule has 0 unspecified atom stereocenters. The molecule has 2 aromatic heterocycles. The van der Waals surface area contributed by atoms with E-state index in [1.807, 2.05) is 24.1 Å². The second-order valence-corrected chi connectivity index (χ2v) is 7.61. The molecule has 0 aromatic carbocycles. The quantitative estimate of drug-likeness (QED) is 0.906. The molecule has 0 radical (unpaired) electrons. The summed E-state index contributed by atoms with van der Waals surface area (Å²) in [6.07, 6.45) is 9.34. The lowest BCUT2D eigenvalue weighted by Gasteiger charge is -2.39. The van der Waals surface area contributed by atoms with Gasteiger partial charge in [0.2, 0.25) is 0 Å². The average molecular weight is 356 g/mol. The summed E-state index contributed by atoms with van der Waals surface area (Å²) in [7, 11) is 4.15. The SMILES string of the molecule is CN1CCC[C@@H](CNC(=O)c2cn3c(n2)CCCC3)[C@@H]1c1ccnn1C. The number of hydrogen-bond acceptors (Lipinski definition) is 4. The molecule has 0 spiro atoms. The van der Waals surface area contributed by atoms with Gasteiger partial charge in [-0.25, -0.2) is 4.98 Å². The predicted molar refractivity (Wildman–Crippen MR) is 98.8 cm³/mol. The number of rotatable bonds is 4. The van der Waals surface area contributed by atoms with Crippen molar-refractivity contribution < 1.29 is 4.79 Å². The number of likely N-dealkylation sites (tertiary alicyclic amines) is 1. The molecule has 0 bridgehead atoms. The van der Waals surface area contributed by atoms with E-state index >= 15 is 0 Å². The van der Waals surface area contributed by atoms with Gasteiger partial charge in [0.25, 0.3) is 5.91 Å². The van der Waals surface area contributed by atoms with Gasteiger partial charge in [-0.15, -0.1) is 0 Å². The highest BCUT2D eigenvalue weighted by atomic mass is 16.1. The van der Waals surface area contributed by atoms with E-state index in [0.29, 0.717) is 18.2 Å². The van der Waals surface area contributed by atoms with Crippen LogP contribution in [0, 0.1) is 5.92 Å². The number of piperidine rings is 1. The molecule has 1 N–H and O–H groups in total. The Morgan fingerprint density at radius 2 is 2.15 bits per heavy atom. The normalized spacial score (nSPS) is 23.6. The van der Waals surface area contributed by atoms with Crippen molar-refractivity contribution in [3.8, 4) is 0 Å². The third kappa shape index (κ3) is 3.28. The van der Waals surface area contributed by atoms with E-state index in [1.165, 1.54) is 18.5 Å². The van der Waals surface area contributed by atoms with Crippen molar-refractivity contribution in [1.82, 2.24) is 29.5 Å². The van der Waals surface area contributed by atoms with Gasteiger partial charge in [-0.2, -0.15) is 5.10 Å². The van der Waals surface area contributed by atoms with Crippen LogP contribution in [0.5, 0.6) is 0 Å². The third-order valence-electron chi connectivity index (χ3n) is 5.84. The number of aromatic nitrogens is 4. The molecule has 0 saturated carbocycles. The maximum absolute atomic E-state index is 12.6. The minimum Gasteiger partial charge on any atom is -0.350 e. The highest BCUT2D eigenvalue weighted by Crippen LogP contribution is 2.34. The Labute approximate surface area is 154 Å². The molecule has 2 aliphatic heterocycles. The van der Waals surface area contributed by atoms with Gasteiger partial charge < -0.3 is 9.88 Å². The number of imidazole rings is 1. The largest absolute Gasteiger partial charge is 0.350 e. The van der Waals surface area contributed by atoms with Crippen LogP contribution >= 0.6 is 0 Å². The van der Waals surface area contributed by atoms with Crippen LogP contribution in [0.2, 0.25) is 0 Å². The van der Waals surface area contributed by atoms with Crippen LogP contribution in [-0.4, -0.2) is 50.3 Å². The summed E-state index contributed by atoms with van der Waals surface area (Å²) in [5.74, 6) is 1.38. The van der Waals surface area contributed by atoms with Crippen LogP contribution in [0.1, 0.15) is 53.7 Å². The van der Waals surface area contributed by atoms with Gasteiger partial charge in [0, 0.05) is 39.0 Å². The molecule has 7 heteroatoms. The molecule has 140 valence electrons. The Morgan fingerprint density at radius 3 is 2.92 bits per heavy atom. The summed E-state index contributed by atoms with van der Waals surface area (Å²) in [5.41, 5.74) is 1.77. The van der Waals surface area contributed by atoms with Gasteiger partial charge in [-0.05, 0) is 51.3 Å². The summed E-state index contributed by atoms with van der Waals surface area (Å²) in [5, 5.41) is 7.47. The van der Waals surface area contributed by atoms with E-state index in [4.69, 9.17) is 0 Å². The Morgan fingerprint density at radius 1 is 1.27 bits per heavy atom. The molecule has 1 saturated heterocycles. The van der Waals surface area contributed by atoms with Crippen molar-refractivity contribution in [3.05, 3.63) is 35.7 Å². The minimum absolute atomic E-state index is 0.0520. The van der Waals surface area contributed by atoms with Crippen LogP contribution in [-0.2, 0) is 20.0 Å². The third-order valence-corrected chi connectivity index (χ3v) is 5.84. The van der Waals surface area contributed by atoms with Crippen molar-refractivity contribution >= 4 is 5.91 Å². The zero-order chi connectivity index (χ0) is 18.1. The molecular weight excluding hydrogens is 328 g/mol. The molecule has 2 atom stereocenters. The molecule has 26 heavy (non-hydrogen) atoms. The van der Waals surface area contributed by atoms with Crippen molar-refractivity contribution in [2.75, 3.05) is 20.1 Å². The van der Waals surface area contributed by atoms with Gasteiger partial charge >= 0.3 is 0 Å². The number of carbonyl (C=O) groups is 1. The molecule has 2 aliphatic rings. The van der Waals surface area contributed by atoms with Gasteiger partial charge in [0.1, 0.15) is 11.5 Å². The lowest BCUT2D eigenvalue weighted by Crippen LogP contribution is -2.42. The number of nitrogens with zero attached hydrogens (tertiary/aromatic N) is 5. The molecule has 1 amide bonds. The lowest BCUT2D eigenvalue weighted by atomic mass is 9.87. The Kier molecular flexibility index (Phi) is 4.80. The Hall–Kier alpha value is -2.15. The molecule has 2 aromatic rings. The van der Waals surface area contributed by atoms with Gasteiger partial charge in [0.05, 0.1) is 11.7 Å². The Bertz CT molecular complexity index is 755. The number of amides is 1. The second-order valence-electron chi connectivity index (χ2n) is 7.61. The van der Waals surface area contributed by atoms with Crippen molar-refractivity contribution in [2.45, 2.75) is 44.7 Å². The van der Waals surface area contributed by atoms with E-state index in [-0.39, 0.29) is 11.9 Å². The summed E-state index contributed by atoms with van der Waals surface area (Å²) in [4.78, 5) is 19.5. The fourth-order valence-corrected chi connectivity index (χ4v) is 4.45. The van der Waals surface area contributed by atoms with E-state index in [1.54, 1.807) is 0 Å². The zero-order valence-electron chi connectivity index (χ0n) is 15.7. The molecule has 4 rings (SSSR count). The lowest BCUT2D eigenvalue weighted by molar-refractivity contribution is 0.0876. The number of nitrogens with one attached hydrogen (secondary N) is 1. The first-order valence-corrected chi connectivity index (χ1v) is 9.66. The maximum Gasteiger partial charge on any atom is 0.271 e. The highest BCUT2D eigenvalue weighted by Gasteiger charge is 2.32. The maximum atomic E-state index is 12.6. The van der Waals surface area contributed by atoms with Gasteiger partial charge in [0.15, 0.2) is 0 Å². The van der Waals surface area contributed by atoms with E-state index in [0.717, 1.165) is 38.2 Å². The molecule has 1 fully saturated rings. The fraction of sp³-hybridized carbons (Fsp3) is 0.632. The van der Waals surface area contributed by atoms with Crippen LogP contribution in [0.4, 0.5) is 0 Å². The number of aryl methyl sites for hydroxylation is 3. The van der Waals surface area contributed by atoms with Crippen molar-refractivity contribution in [3.63, 3.8) is 0 Å². The monoisotopic (exact) mass is 356 g/mol. The van der Waals surface area contributed by atoms with E-state index in [2.05, 4.69) is 38.0 Å². The summed E-state index contributed by atoms with van der Waals surface area (Å²) < 4.78 is 4.08. The van der Waals surface area contributed by atoms with Crippen LogP contribution in [0.3, 0.4) is 0 Å². The first-order valence-electron chi connectivity index (χ1n) is 9.66. The first-order chi connectivity index (χ1) is 12.6. The van der Waals surface area contributed by atoms with E-state index in [9.17, 15) is 4.79 Å². The second kappa shape index (κ2) is 7.23. The van der Waals surface area contributed by atoms with Crippen molar-refractivity contribution in [2.24, 2.45) is 13.0 Å². The summed E-state index contributed by atoms with van der Waals surface area (Å²) in [6, 6.07) is 2.37. The number of hydrogen-bond donors (Lipinski definition) is 1. The van der Waals surface area contributed by atoms with Crippen LogP contribution in [0.15, 0.2) is 18.5 Å². The predicted octanol–water partition coefficient (Wildman–Crippen LogP) is 1.77. The average Bonchev–Trinajstić information content (AvgIpc) is 3.26.